The van der Waals surface area contributed by atoms with E-state index in [1.54, 1.807) is 41.2 Å². The number of para-hydroxylation sites is 2. The van der Waals surface area contributed by atoms with Gasteiger partial charge >= 0.3 is 6.03 Å². The minimum atomic E-state index is -0.392. The summed E-state index contributed by atoms with van der Waals surface area (Å²) in [6, 6.07) is 9.10. The first-order valence-electron chi connectivity index (χ1n) is 9.02. The van der Waals surface area contributed by atoms with Crippen molar-refractivity contribution in [3.8, 4) is 17.1 Å². The lowest BCUT2D eigenvalue weighted by atomic mass is 10.2. The molecule has 0 bridgehead atoms. The van der Waals surface area contributed by atoms with Crippen LogP contribution in [0.3, 0.4) is 0 Å². The zero-order valence-corrected chi connectivity index (χ0v) is 16.3. The molecule has 0 saturated heterocycles. The summed E-state index contributed by atoms with van der Waals surface area (Å²) in [5.41, 5.74) is 5.13. The topological polar surface area (TPSA) is 103 Å². The van der Waals surface area contributed by atoms with Crippen LogP contribution in [0.15, 0.2) is 55.1 Å². The summed E-state index contributed by atoms with van der Waals surface area (Å²) in [7, 11) is 1.78. The molecule has 0 aliphatic heterocycles. The number of rotatable bonds is 4. The van der Waals surface area contributed by atoms with Crippen LogP contribution in [0, 0.1) is 13.8 Å². The van der Waals surface area contributed by atoms with Gasteiger partial charge in [-0.2, -0.15) is 10.2 Å². The van der Waals surface area contributed by atoms with Gasteiger partial charge in [-0.15, -0.1) is 0 Å². The van der Waals surface area contributed by atoms with Crippen LogP contribution in [0.4, 0.5) is 16.2 Å². The normalized spacial score (nSPS) is 10.7. The third-order valence-electron chi connectivity index (χ3n) is 4.38. The zero-order chi connectivity index (χ0) is 20.4. The van der Waals surface area contributed by atoms with Crippen LogP contribution in [0.2, 0.25) is 0 Å². The fraction of sp³-hybridized carbons (Fsp3) is 0.150. The summed E-state index contributed by atoms with van der Waals surface area (Å²) in [6.07, 6.45) is 6.39. The van der Waals surface area contributed by atoms with Crippen molar-refractivity contribution in [2.24, 2.45) is 7.05 Å². The largest absolute Gasteiger partial charge is 0.323 e. The number of urea groups is 1. The minimum Gasteiger partial charge on any atom is -0.306 e. The lowest BCUT2D eigenvalue weighted by molar-refractivity contribution is 0.262. The van der Waals surface area contributed by atoms with Gasteiger partial charge in [0.1, 0.15) is 11.4 Å². The molecule has 0 aliphatic rings. The molecule has 9 nitrogen and oxygen atoms in total. The number of aromatic nitrogens is 6. The number of anilines is 2. The molecule has 2 N–H and O–H groups in total. The Balaban J connectivity index is 1.59. The van der Waals surface area contributed by atoms with E-state index >= 15 is 0 Å². The van der Waals surface area contributed by atoms with Crippen molar-refractivity contribution in [1.82, 2.24) is 29.5 Å². The van der Waals surface area contributed by atoms with Gasteiger partial charge in [-0.25, -0.2) is 9.48 Å². The molecule has 2 amide bonds. The van der Waals surface area contributed by atoms with E-state index in [0.29, 0.717) is 22.8 Å². The first-order chi connectivity index (χ1) is 14.0. The van der Waals surface area contributed by atoms with Gasteiger partial charge < -0.3 is 10.6 Å². The van der Waals surface area contributed by atoms with Crippen molar-refractivity contribution in [1.29, 1.82) is 0 Å². The Morgan fingerprint density at radius 3 is 2.55 bits per heavy atom. The van der Waals surface area contributed by atoms with E-state index in [4.69, 9.17) is 0 Å². The van der Waals surface area contributed by atoms with Crippen LogP contribution >= 0.6 is 0 Å². The number of amides is 2. The predicted octanol–water partition coefficient (Wildman–Crippen LogP) is 3.32. The highest BCUT2D eigenvalue weighted by Gasteiger charge is 2.16. The van der Waals surface area contributed by atoms with Crippen LogP contribution in [0.5, 0.6) is 0 Å². The highest BCUT2D eigenvalue weighted by atomic mass is 16.2. The van der Waals surface area contributed by atoms with Crippen LogP contribution in [-0.2, 0) is 7.05 Å². The molecule has 29 heavy (non-hydrogen) atoms. The highest BCUT2D eigenvalue weighted by Crippen LogP contribution is 2.26. The summed E-state index contributed by atoms with van der Waals surface area (Å²) in [5.74, 6) is 0. The maximum Gasteiger partial charge on any atom is 0.323 e. The van der Waals surface area contributed by atoms with E-state index in [9.17, 15) is 4.79 Å². The molecular formula is C20H20N8O. The second-order valence-electron chi connectivity index (χ2n) is 6.56. The SMILES string of the molecule is Cc1cc(C)n(-c2ccccc2NC(=O)Nc2cnn(C)c2-c2cnccn2)n1. The molecule has 0 radical (unpaired) electrons. The summed E-state index contributed by atoms with van der Waals surface area (Å²) in [4.78, 5) is 21.1. The Morgan fingerprint density at radius 1 is 1.03 bits per heavy atom. The summed E-state index contributed by atoms with van der Waals surface area (Å²) in [5, 5.41) is 14.5. The highest BCUT2D eigenvalue weighted by molar-refractivity contribution is 6.02. The van der Waals surface area contributed by atoms with Gasteiger partial charge in [-0.3, -0.25) is 14.6 Å². The molecule has 0 atom stereocenters. The molecule has 3 aromatic heterocycles. The molecule has 1 aromatic carbocycles. The maximum atomic E-state index is 12.7. The number of carbonyl (C=O) groups is 1. The van der Waals surface area contributed by atoms with Crippen LogP contribution in [0.25, 0.3) is 17.1 Å². The molecule has 9 heteroatoms. The van der Waals surface area contributed by atoms with E-state index < -0.39 is 6.03 Å². The Morgan fingerprint density at radius 2 is 1.83 bits per heavy atom. The standard InChI is InChI=1S/C20H20N8O/c1-13-10-14(2)28(26-13)18-7-5-4-6-15(18)24-20(29)25-17-12-23-27(3)19(17)16-11-21-8-9-22-16/h4-12H,1-3H3,(H2,24,25,29). The van der Waals surface area contributed by atoms with Gasteiger partial charge in [-0.1, -0.05) is 12.1 Å². The Kier molecular flexibility index (Phi) is 4.78. The molecule has 0 spiro atoms. The molecule has 3 heterocycles. The van der Waals surface area contributed by atoms with Gasteiger partial charge in [-0.05, 0) is 32.0 Å². The van der Waals surface area contributed by atoms with E-state index in [1.807, 2.05) is 44.2 Å². The number of nitrogens with zero attached hydrogens (tertiary/aromatic N) is 6. The van der Waals surface area contributed by atoms with Crippen LogP contribution < -0.4 is 10.6 Å². The summed E-state index contributed by atoms with van der Waals surface area (Å²) < 4.78 is 3.45. The molecule has 0 saturated carbocycles. The molecule has 146 valence electrons. The molecule has 0 fully saturated rings. The van der Waals surface area contributed by atoms with Gasteiger partial charge in [0.25, 0.3) is 0 Å². The zero-order valence-electron chi connectivity index (χ0n) is 16.3. The monoisotopic (exact) mass is 388 g/mol. The Hall–Kier alpha value is -4.01. The molecule has 0 unspecified atom stereocenters. The minimum absolute atomic E-state index is 0.392. The molecule has 4 rings (SSSR count). The maximum absolute atomic E-state index is 12.7. The van der Waals surface area contributed by atoms with E-state index in [-0.39, 0.29) is 0 Å². The summed E-state index contributed by atoms with van der Waals surface area (Å²) in [6.45, 7) is 3.91. The number of nitrogens with one attached hydrogen (secondary N) is 2. The van der Waals surface area contributed by atoms with Gasteiger partial charge in [0.05, 0.1) is 35.1 Å². The van der Waals surface area contributed by atoms with Crippen LogP contribution in [0.1, 0.15) is 11.4 Å². The van der Waals surface area contributed by atoms with E-state index in [0.717, 1.165) is 17.1 Å². The number of benzene rings is 1. The lowest BCUT2D eigenvalue weighted by Crippen LogP contribution is -2.21. The van der Waals surface area contributed by atoms with Crippen molar-refractivity contribution in [2.75, 3.05) is 10.6 Å². The average molecular weight is 388 g/mol. The van der Waals surface area contributed by atoms with Crippen molar-refractivity contribution in [3.05, 3.63) is 66.5 Å². The number of hydrogen-bond donors (Lipinski definition) is 2. The third-order valence-corrected chi connectivity index (χ3v) is 4.38. The average Bonchev–Trinajstić information content (AvgIpc) is 3.24. The fourth-order valence-electron chi connectivity index (χ4n) is 3.17. The predicted molar refractivity (Wildman–Crippen MR) is 110 cm³/mol. The van der Waals surface area contributed by atoms with Gasteiger partial charge in [0.2, 0.25) is 0 Å². The quantitative estimate of drug-likeness (QED) is 0.558. The lowest BCUT2D eigenvalue weighted by Gasteiger charge is -2.13. The molecule has 4 aromatic rings. The van der Waals surface area contributed by atoms with Crippen molar-refractivity contribution < 1.29 is 4.79 Å². The Labute approximate surface area is 167 Å². The van der Waals surface area contributed by atoms with Crippen molar-refractivity contribution in [3.63, 3.8) is 0 Å². The van der Waals surface area contributed by atoms with Crippen molar-refractivity contribution >= 4 is 17.4 Å². The van der Waals surface area contributed by atoms with E-state index in [1.165, 1.54) is 0 Å². The number of aryl methyl sites for hydroxylation is 3. The molecular weight excluding hydrogens is 368 g/mol. The summed E-state index contributed by atoms with van der Waals surface area (Å²) >= 11 is 0. The third kappa shape index (κ3) is 3.70. The van der Waals surface area contributed by atoms with Crippen molar-refractivity contribution in [2.45, 2.75) is 13.8 Å². The second-order valence-corrected chi connectivity index (χ2v) is 6.56. The number of carbonyl (C=O) groups excluding carboxylic acids is 1. The smallest absolute Gasteiger partial charge is 0.306 e. The first kappa shape index (κ1) is 18.4. The van der Waals surface area contributed by atoms with Gasteiger partial charge in [0.15, 0.2) is 0 Å². The fourth-order valence-corrected chi connectivity index (χ4v) is 3.17. The Bertz CT molecular complexity index is 1160. The van der Waals surface area contributed by atoms with Crippen LogP contribution in [-0.4, -0.2) is 35.6 Å². The number of hydrogen-bond acceptors (Lipinski definition) is 5. The first-order valence-corrected chi connectivity index (χ1v) is 9.02. The van der Waals surface area contributed by atoms with Gasteiger partial charge in [0, 0.05) is 25.1 Å². The molecule has 0 aliphatic carbocycles. The van der Waals surface area contributed by atoms with E-state index in [2.05, 4.69) is 30.8 Å². The second kappa shape index (κ2) is 7.55.